The number of hydrogen-bond donors (Lipinski definition) is 1. The molecule has 130 valence electrons. The van der Waals surface area contributed by atoms with Gasteiger partial charge in [0.1, 0.15) is 6.54 Å². The number of amides is 1. The van der Waals surface area contributed by atoms with Crippen molar-refractivity contribution in [3.05, 3.63) is 58.1 Å². The van der Waals surface area contributed by atoms with Crippen LogP contribution in [-0.4, -0.2) is 27.1 Å². The molecule has 2 rings (SSSR count). The Bertz CT molecular complexity index is 938. The van der Waals surface area contributed by atoms with Gasteiger partial charge in [-0.3, -0.25) is 9.10 Å². The van der Waals surface area contributed by atoms with E-state index in [2.05, 4.69) is 5.32 Å². The van der Waals surface area contributed by atoms with Crippen LogP contribution in [0.15, 0.2) is 42.5 Å². The van der Waals surface area contributed by atoms with Gasteiger partial charge in [0, 0.05) is 0 Å². The lowest BCUT2D eigenvalue weighted by Gasteiger charge is -2.22. The van der Waals surface area contributed by atoms with Crippen LogP contribution in [0.3, 0.4) is 0 Å². The molecule has 6 nitrogen and oxygen atoms in total. The Kier molecular flexibility index (Phi) is 5.90. The van der Waals surface area contributed by atoms with E-state index in [1.807, 2.05) is 6.07 Å². The maximum Gasteiger partial charge on any atom is 0.245 e. The number of nitrogens with one attached hydrogen (secondary N) is 1. The third-order valence-corrected chi connectivity index (χ3v) is 5.16. The zero-order chi connectivity index (χ0) is 18.6. The van der Waals surface area contributed by atoms with Gasteiger partial charge in [0.15, 0.2) is 0 Å². The number of halogens is 2. The monoisotopic (exact) mass is 397 g/mol. The Morgan fingerprint density at radius 1 is 1.20 bits per heavy atom. The van der Waals surface area contributed by atoms with E-state index in [4.69, 9.17) is 28.5 Å². The topological polar surface area (TPSA) is 90.3 Å². The molecule has 2 aromatic carbocycles. The summed E-state index contributed by atoms with van der Waals surface area (Å²) in [4.78, 5) is 12.3. The first kappa shape index (κ1) is 19.1. The number of nitriles is 1. The minimum atomic E-state index is -3.71. The molecule has 0 saturated carbocycles. The Labute approximate surface area is 155 Å². The molecule has 9 heteroatoms. The standard InChI is InChI=1S/C16H13Cl2N3O3S/c1-25(23,24)21(12-7-5-11(9-19)6-8-12)10-15(22)20-14-4-2-3-13(17)16(14)18/h2-8H,10H2,1H3,(H,20,22). The highest BCUT2D eigenvalue weighted by molar-refractivity contribution is 7.92. The van der Waals surface area contributed by atoms with Crippen LogP contribution >= 0.6 is 23.2 Å². The summed E-state index contributed by atoms with van der Waals surface area (Å²) in [5, 5.41) is 11.8. The van der Waals surface area contributed by atoms with Crippen LogP contribution in [0.5, 0.6) is 0 Å². The molecule has 0 spiro atoms. The van der Waals surface area contributed by atoms with Crippen LogP contribution < -0.4 is 9.62 Å². The molecule has 0 atom stereocenters. The van der Waals surface area contributed by atoms with Crippen LogP contribution in [0, 0.1) is 11.3 Å². The Morgan fingerprint density at radius 2 is 1.84 bits per heavy atom. The predicted molar refractivity (Wildman–Crippen MR) is 98.4 cm³/mol. The molecule has 2 aromatic rings. The summed E-state index contributed by atoms with van der Waals surface area (Å²) in [6.07, 6.45) is 0.991. The van der Waals surface area contributed by atoms with Crippen LogP contribution in [0.1, 0.15) is 5.56 Å². The average molecular weight is 398 g/mol. The predicted octanol–water partition coefficient (Wildman–Crippen LogP) is 3.27. The quantitative estimate of drug-likeness (QED) is 0.837. The average Bonchev–Trinajstić information content (AvgIpc) is 2.56. The van der Waals surface area contributed by atoms with Gasteiger partial charge in [0.2, 0.25) is 15.9 Å². The van der Waals surface area contributed by atoms with Gasteiger partial charge in [-0.1, -0.05) is 29.3 Å². The lowest BCUT2D eigenvalue weighted by Crippen LogP contribution is -2.37. The van der Waals surface area contributed by atoms with E-state index in [1.54, 1.807) is 18.2 Å². The lowest BCUT2D eigenvalue weighted by atomic mass is 10.2. The molecule has 0 aliphatic heterocycles. The molecule has 0 unspecified atom stereocenters. The normalized spacial score (nSPS) is 10.8. The molecule has 0 bridgehead atoms. The molecular weight excluding hydrogens is 385 g/mol. The summed E-state index contributed by atoms with van der Waals surface area (Å²) < 4.78 is 25.0. The smallest absolute Gasteiger partial charge is 0.245 e. The second kappa shape index (κ2) is 7.74. The maximum atomic E-state index is 12.3. The zero-order valence-corrected chi connectivity index (χ0v) is 15.4. The fourth-order valence-electron chi connectivity index (χ4n) is 2.02. The van der Waals surface area contributed by atoms with Crippen LogP contribution in [-0.2, 0) is 14.8 Å². The van der Waals surface area contributed by atoms with E-state index in [0.717, 1.165) is 10.6 Å². The first-order chi connectivity index (χ1) is 11.7. The van der Waals surface area contributed by atoms with Crippen molar-refractivity contribution >= 4 is 50.5 Å². The Balaban J connectivity index is 2.24. The summed E-state index contributed by atoms with van der Waals surface area (Å²) in [5.41, 5.74) is 0.939. The largest absolute Gasteiger partial charge is 0.323 e. The molecule has 0 fully saturated rings. The van der Waals surface area contributed by atoms with Crippen molar-refractivity contribution in [2.45, 2.75) is 0 Å². The lowest BCUT2D eigenvalue weighted by molar-refractivity contribution is -0.114. The van der Waals surface area contributed by atoms with Crippen LogP contribution in [0.25, 0.3) is 0 Å². The fraction of sp³-hybridized carbons (Fsp3) is 0.125. The van der Waals surface area contributed by atoms with Gasteiger partial charge < -0.3 is 5.32 Å². The first-order valence-corrected chi connectivity index (χ1v) is 9.54. The van der Waals surface area contributed by atoms with Crippen molar-refractivity contribution in [1.82, 2.24) is 0 Å². The molecule has 0 heterocycles. The molecule has 25 heavy (non-hydrogen) atoms. The van der Waals surface area contributed by atoms with Crippen LogP contribution in [0.4, 0.5) is 11.4 Å². The van der Waals surface area contributed by atoms with Crippen molar-refractivity contribution in [2.75, 3.05) is 22.4 Å². The summed E-state index contributed by atoms with van der Waals surface area (Å²) in [6, 6.07) is 12.5. The van der Waals surface area contributed by atoms with E-state index >= 15 is 0 Å². The molecule has 0 saturated heterocycles. The zero-order valence-electron chi connectivity index (χ0n) is 13.0. The third-order valence-electron chi connectivity index (χ3n) is 3.20. The van der Waals surface area contributed by atoms with Crippen molar-refractivity contribution in [3.8, 4) is 6.07 Å². The number of carbonyl (C=O) groups is 1. The highest BCUT2D eigenvalue weighted by Crippen LogP contribution is 2.29. The molecule has 1 amide bonds. The van der Waals surface area contributed by atoms with Crippen molar-refractivity contribution in [2.24, 2.45) is 0 Å². The van der Waals surface area contributed by atoms with Crippen molar-refractivity contribution < 1.29 is 13.2 Å². The third kappa shape index (κ3) is 4.86. The van der Waals surface area contributed by atoms with Gasteiger partial charge in [-0.2, -0.15) is 5.26 Å². The Morgan fingerprint density at radius 3 is 2.40 bits per heavy atom. The summed E-state index contributed by atoms with van der Waals surface area (Å²) >= 11 is 11.9. The molecule has 0 aliphatic rings. The van der Waals surface area contributed by atoms with Crippen LogP contribution in [0.2, 0.25) is 10.0 Å². The van der Waals surface area contributed by atoms with Gasteiger partial charge in [-0.15, -0.1) is 0 Å². The summed E-state index contributed by atoms with van der Waals surface area (Å²) in [7, 11) is -3.71. The molecule has 0 aliphatic carbocycles. The number of sulfonamides is 1. The van der Waals surface area contributed by atoms with Crippen molar-refractivity contribution in [3.63, 3.8) is 0 Å². The fourth-order valence-corrected chi connectivity index (χ4v) is 3.23. The van der Waals surface area contributed by atoms with E-state index in [-0.39, 0.29) is 21.4 Å². The molecule has 0 aromatic heterocycles. The minimum Gasteiger partial charge on any atom is -0.323 e. The van der Waals surface area contributed by atoms with Gasteiger partial charge in [-0.25, -0.2) is 8.42 Å². The van der Waals surface area contributed by atoms with E-state index in [9.17, 15) is 13.2 Å². The van der Waals surface area contributed by atoms with Gasteiger partial charge in [0.05, 0.1) is 39.3 Å². The number of rotatable bonds is 5. The first-order valence-electron chi connectivity index (χ1n) is 6.94. The van der Waals surface area contributed by atoms with Crippen molar-refractivity contribution in [1.29, 1.82) is 5.26 Å². The van der Waals surface area contributed by atoms with E-state index < -0.39 is 22.5 Å². The summed E-state index contributed by atoms with van der Waals surface area (Å²) in [6.45, 7) is -0.451. The second-order valence-electron chi connectivity index (χ2n) is 5.08. The number of anilines is 2. The highest BCUT2D eigenvalue weighted by Gasteiger charge is 2.21. The maximum absolute atomic E-state index is 12.3. The molecule has 1 N–H and O–H groups in total. The van der Waals surface area contributed by atoms with Gasteiger partial charge in [0.25, 0.3) is 0 Å². The summed E-state index contributed by atoms with van der Waals surface area (Å²) in [5.74, 6) is -0.584. The number of hydrogen-bond acceptors (Lipinski definition) is 4. The Hall–Kier alpha value is -2.27. The van der Waals surface area contributed by atoms with Gasteiger partial charge >= 0.3 is 0 Å². The SMILES string of the molecule is CS(=O)(=O)N(CC(=O)Nc1cccc(Cl)c1Cl)c1ccc(C#N)cc1. The molecular formula is C16H13Cl2N3O3S. The number of benzene rings is 2. The van der Waals surface area contributed by atoms with E-state index in [1.165, 1.54) is 24.3 Å². The van der Waals surface area contributed by atoms with Gasteiger partial charge in [-0.05, 0) is 36.4 Å². The van der Waals surface area contributed by atoms with E-state index in [0.29, 0.717) is 5.56 Å². The second-order valence-corrected chi connectivity index (χ2v) is 7.77. The number of nitrogens with zero attached hydrogens (tertiary/aromatic N) is 2. The highest BCUT2D eigenvalue weighted by atomic mass is 35.5. The number of carbonyl (C=O) groups excluding carboxylic acids is 1. The molecule has 0 radical (unpaired) electrons. The minimum absolute atomic E-state index is 0.168.